The van der Waals surface area contributed by atoms with E-state index in [0.717, 1.165) is 42.3 Å². The quantitative estimate of drug-likeness (QED) is 0.854. The smallest absolute Gasteiger partial charge is 0.137 e. The summed E-state index contributed by atoms with van der Waals surface area (Å²) in [4.78, 5) is 8.68. The second-order valence-corrected chi connectivity index (χ2v) is 4.77. The maximum Gasteiger partial charge on any atom is 0.137 e. The first-order valence-corrected chi connectivity index (χ1v) is 6.73. The molecule has 0 saturated heterocycles. The van der Waals surface area contributed by atoms with Gasteiger partial charge in [0.05, 0.1) is 5.69 Å². The van der Waals surface area contributed by atoms with Gasteiger partial charge in [-0.1, -0.05) is 18.5 Å². The fourth-order valence-corrected chi connectivity index (χ4v) is 1.96. The molecule has 2 heterocycles. The van der Waals surface area contributed by atoms with Crippen molar-refractivity contribution in [3.8, 4) is 0 Å². The summed E-state index contributed by atoms with van der Waals surface area (Å²) in [5, 5.41) is 8.16. The van der Waals surface area contributed by atoms with Crippen LogP contribution in [0, 0.1) is 6.92 Å². The maximum absolute atomic E-state index is 6.09. The zero-order chi connectivity index (χ0) is 13.8. The van der Waals surface area contributed by atoms with Crippen LogP contribution in [0.2, 0.25) is 5.15 Å². The van der Waals surface area contributed by atoms with E-state index in [-0.39, 0.29) is 0 Å². The molecule has 0 radical (unpaired) electrons. The maximum atomic E-state index is 6.09. The topological polar surface area (TPSA) is 55.6 Å². The Hall–Kier alpha value is -1.62. The molecule has 0 aliphatic rings. The van der Waals surface area contributed by atoms with Gasteiger partial charge in [-0.15, -0.1) is 0 Å². The molecule has 19 heavy (non-hydrogen) atoms. The number of nitrogens with one attached hydrogen (secondary N) is 1. The van der Waals surface area contributed by atoms with Crippen LogP contribution in [0.3, 0.4) is 0 Å². The van der Waals surface area contributed by atoms with E-state index in [1.54, 1.807) is 4.68 Å². The fraction of sp³-hybridized carbons (Fsp3) is 0.462. The Morgan fingerprint density at radius 3 is 2.79 bits per heavy atom. The molecule has 0 aromatic carbocycles. The highest BCUT2D eigenvalue weighted by Crippen LogP contribution is 2.19. The molecule has 2 aromatic heterocycles. The van der Waals surface area contributed by atoms with E-state index in [0.29, 0.717) is 5.15 Å². The molecular formula is C13H18ClN5. The number of hydrogen-bond acceptors (Lipinski definition) is 4. The van der Waals surface area contributed by atoms with Gasteiger partial charge < -0.3 is 5.32 Å². The minimum atomic E-state index is 0.521. The summed E-state index contributed by atoms with van der Waals surface area (Å²) in [6.07, 6.45) is 3.57. The van der Waals surface area contributed by atoms with Crippen molar-refractivity contribution in [2.75, 3.05) is 11.9 Å². The van der Waals surface area contributed by atoms with Crippen molar-refractivity contribution in [1.82, 2.24) is 19.7 Å². The summed E-state index contributed by atoms with van der Waals surface area (Å²) in [5.74, 6) is 1.57. The van der Waals surface area contributed by atoms with Gasteiger partial charge in [-0.05, 0) is 13.0 Å². The Morgan fingerprint density at radius 2 is 2.16 bits per heavy atom. The standard InChI is InChI=1S/C13H18ClN5/c1-4-11-16-12(14)9(2)13(17-11)15-7-5-10-6-8-19(3)18-10/h6,8H,4-5,7H2,1-3H3,(H,15,16,17). The number of anilines is 1. The highest BCUT2D eigenvalue weighted by atomic mass is 35.5. The third kappa shape index (κ3) is 3.44. The lowest BCUT2D eigenvalue weighted by Crippen LogP contribution is -2.10. The molecule has 5 nitrogen and oxygen atoms in total. The summed E-state index contributed by atoms with van der Waals surface area (Å²) in [5.41, 5.74) is 1.95. The van der Waals surface area contributed by atoms with E-state index < -0.39 is 0 Å². The van der Waals surface area contributed by atoms with Crippen molar-refractivity contribution in [2.45, 2.75) is 26.7 Å². The summed E-state index contributed by atoms with van der Waals surface area (Å²) in [6.45, 7) is 4.71. The highest BCUT2D eigenvalue weighted by molar-refractivity contribution is 6.30. The molecule has 0 aliphatic carbocycles. The monoisotopic (exact) mass is 279 g/mol. The zero-order valence-corrected chi connectivity index (χ0v) is 12.2. The third-order valence-corrected chi connectivity index (χ3v) is 3.26. The average Bonchev–Trinajstić information content (AvgIpc) is 2.80. The molecule has 0 atom stereocenters. The van der Waals surface area contributed by atoms with Gasteiger partial charge in [0.2, 0.25) is 0 Å². The summed E-state index contributed by atoms with van der Waals surface area (Å²) >= 11 is 6.09. The van der Waals surface area contributed by atoms with Crippen molar-refractivity contribution in [3.63, 3.8) is 0 Å². The van der Waals surface area contributed by atoms with Crippen LogP contribution >= 0.6 is 11.6 Å². The summed E-state index contributed by atoms with van der Waals surface area (Å²) in [6, 6.07) is 2.01. The van der Waals surface area contributed by atoms with E-state index in [4.69, 9.17) is 11.6 Å². The third-order valence-electron chi connectivity index (χ3n) is 2.89. The molecule has 0 spiro atoms. The Morgan fingerprint density at radius 1 is 1.37 bits per heavy atom. The molecule has 1 N–H and O–H groups in total. The van der Waals surface area contributed by atoms with Gasteiger partial charge in [-0.3, -0.25) is 4.68 Å². The molecule has 0 amide bonds. The molecule has 0 saturated carbocycles. The first-order chi connectivity index (χ1) is 9.10. The van der Waals surface area contributed by atoms with Crippen molar-refractivity contribution >= 4 is 17.4 Å². The van der Waals surface area contributed by atoms with Gasteiger partial charge in [0.1, 0.15) is 16.8 Å². The number of rotatable bonds is 5. The molecule has 2 aromatic rings. The van der Waals surface area contributed by atoms with E-state index in [1.165, 1.54) is 0 Å². The molecule has 102 valence electrons. The largest absolute Gasteiger partial charge is 0.369 e. The van der Waals surface area contributed by atoms with Gasteiger partial charge in [-0.25, -0.2) is 9.97 Å². The molecular weight excluding hydrogens is 262 g/mol. The number of aromatic nitrogens is 4. The molecule has 0 bridgehead atoms. The van der Waals surface area contributed by atoms with Crippen molar-refractivity contribution < 1.29 is 0 Å². The van der Waals surface area contributed by atoms with Gasteiger partial charge in [0, 0.05) is 38.2 Å². The molecule has 0 aliphatic heterocycles. The second-order valence-electron chi connectivity index (χ2n) is 4.42. The molecule has 0 fully saturated rings. The predicted octanol–water partition coefficient (Wildman–Crippen LogP) is 2.39. The Labute approximate surface area is 118 Å². The fourth-order valence-electron chi connectivity index (χ4n) is 1.77. The lowest BCUT2D eigenvalue weighted by atomic mass is 10.3. The number of nitrogens with zero attached hydrogens (tertiary/aromatic N) is 4. The van der Waals surface area contributed by atoms with Crippen molar-refractivity contribution in [2.24, 2.45) is 7.05 Å². The predicted molar refractivity (Wildman–Crippen MR) is 76.6 cm³/mol. The lowest BCUT2D eigenvalue weighted by molar-refractivity contribution is 0.741. The Kier molecular flexibility index (Phi) is 4.37. The van der Waals surface area contributed by atoms with Crippen LogP contribution in [0.15, 0.2) is 12.3 Å². The van der Waals surface area contributed by atoms with Crippen LogP contribution < -0.4 is 5.32 Å². The number of hydrogen-bond donors (Lipinski definition) is 1. The van der Waals surface area contributed by atoms with Crippen molar-refractivity contribution in [3.05, 3.63) is 34.5 Å². The van der Waals surface area contributed by atoms with Crippen LogP contribution in [-0.4, -0.2) is 26.3 Å². The van der Waals surface area contributed by atoms with E-state index in [2.05, 4.69) is 20.4 Å². The SMILES string of the molecule is CCc1nc(Cl)c(C)c(NCCc2ccn(C)n2)n1. The van der Waals surface area contributed by atoms with E-state index in [9.17, 15) is 0 Å². The van der Waals surface area contributed by atoms with Crippen LogP contribution in [-0.2, 0) is 19.9 Å². The highest BCUT2D eigenvalue weighted by Gasteiger charge is 2.08. The van der Waals surface area contributed by atoms with Crippen molar-refractivity contribution in [1.29, 1.82) is 0 Å². The van der Waals surface area contributed by atoms with Gasteiger partial charge >= 0.3 is 0 Å². The van der Waals surface area contributed by atoms with Gasteiger partial charge in [-0.2, -0.15) is 5.10 Å². The zero-order valence-electron chi connectivity index (χ0n) is 11.4. The second kappa shape index (κ2) is 6.02. The van der Waals surface area contributed by atoms with E-state index in [1.807, 2.05) is 33.2 Å². The van der Waals surface area contributed by atoms with E-state index >= 15 is 0 Å². The Bertz CT molecular complexity index is 564. The van der Waals surface area contributed by atoms with Crippen LogP contribution in [0.5, 0.6) is 0 Å². The number of halogens is 1. The normalized spacial score (nSPS) is 10.7. The minimum absolute atomic E-state index is 0.521. The van der Waals surface area contributed by atoms with Crippen LogP contribution in [0.4, 0.5) is 5.82 Å². The van der Waals surface area contributed by atoms with Gasteiger partial charge in [0.25, 0.3) is 0 Å². The van der Waals surface area contributed by atoms with Crippen LogP contribution in [0.25, 0.3) is 0 Å². The first kappa shape index (κ1) is 13.8. The molecule has 6 heteroatoms. The minimum Gasteiger partial charge on any atom is -0.369 e. The number of aryl methyl sites for hydroxylation is 2. The summed E-state index contributed by atoms with van der Waals surface area (Å²) < 4.78 is 1.80. The molecule has 2 rings (SSSR count). The van der Waals surface area contributed by atoms with Gasteiger partial charge in [0.15, 0.2) is 0 Å². The molecule has 0 unspecified atom stereocenters. The lowest BCUT2D eigenvalue weighted by Gasteiger charge is -2.10. The average molecular weight is 280 g/mol. The van der Waals surface area contributed by atoms with Crippen LogP contribution in [0.1, 0.15) is 24.0 Å². The Balaban J connectivity index is 2.01. The summed E-state index contributed by atoms with van der Waals surface area (Å²) in [7, 11) is 1.92. The first-order valence-electron chi connectivity index (χ1n) is 6.35.